The molecule has 1 aliphatic rings. The van der Waals surface area contributed by atoms with Gasteiger partial charge in [-0.25, -0.2) is 0 Å². The standard InChI is InChI=1S/C14H29NO2/c1-11(10-16)7-6-8-15-12-9-13(2,3)17-14(12,4)5/h11-12,15-16H,6-10H2,1-5H3. The highest BCUT2D eigenvalue weighted by Crippen LogP contribution is 2.37. The van der Waals surface area contributed by atoms with E-state index in [1.165, 1.54) is 0 Å². The first-order chi connectivity index (χ1) is 7.77. The van der Waals surface area contributed by atoms with Gasteiger partial charge in [0.05, 0.1) is 11.2 Å². The smallest absolute Gasteiger partial charge is 0.0787 e. The fraction of sp³-hybridized carbons (Fsp3) is 1.00. The van der Waals surface area contributed by atoms with Crippen molar-refractivity contribution in [1.29, 1.82) is 0 Å². The van der Waals surface area contributed by atoms with E-state index in [-0.39, 0.29) is 11.2 Å². The van der Waals surface area contributed by atoms with Crippen molar-refractivity contribution in [3.05, 3.63) is 0 Å². The molecule has 0 saturated carbocycles. The molecule has 1 heterocycles. The molecule has 1 rings (SSSR count). The van der Waals surface area contributed by atoms with E-state index in [2.05, 4.69) is 39.9 Å². The molecule has 3 heteroatoms. The summed E-state index contributed by atoms with van der Waals surface area (Å²) < 4.78 is 6.05. The molecule has 0 bridgehead atoms. The minimum Gasteiger partial charge on any atom is -0.396 e. The number of nitrogens with one attached hydrogen (secondary N) is 1. The van der Waals surface area contributed by atoms with Crippen molar-refractivity contribution >= 4 is 0 Å². The maximum Gasteiger partial charge on any atom is 0.0787 e. The average molecular weight is 243 g/mol. The van der Waals surface area contributed by atoms with E-state index in [1.54, 1.807) is 0 Å². The van der Waals surface area contributed by atoms with Gasteiger partial charge in [-0.15, -0.1) is 0 Å². The zero-order valence-corrected chi connectivity index (χ0v) is 12.0. The molecule has 2 atom stereocenters. The van der Waals surface area contributed by atoms with Crippen molar-refractivity contribution in [3.63, 3.8) is 0 Å². The predicted molar refractivity (Wildman–Crippen MR) is 71.1 cm³/mol. The van der Waals surface area contributed by atoms with Gasteiger partial charge in [0, 0.05) is 12.6 Å². The van der Waals surface area contributed by atoms with Crippen LogP contribution in [0.1, 0.15) is 53.9 Å². The topological polar surface area (TPSA) is 41.5 Å². The maximum atomic E-state index is 8.96. The lowest BCUT2D eigenvalue weighted by molar-refractivity contribution is -0.0698. The Hall–Kier alpha value is -0.120. The zero-order chi connectivity index (χ0) is 13.1. The van der Waals surface area contributed by atoms with Crippen LogP contribution in [0.2, 0.25) is 0 Å². The summed E-state index contributed by atoms with van der Waals surface area (Å²) in [5.74, 6) is 0.418. The molecule has 0 aromatic carbocycles. The SMILES string of the molecule is CC(CO)CCCNC1CC(C)(C)OC1(C)C. The Morgan fingerprint density at radius 3 is 2.47 bits per heavy atom. The van der Waals surface area contributed by atoms with Gasteiger partial charge in [0.15, 0.2) is 0 Å². The van der Waals surface area contributed by atoms with Crippen molar-refractivity contribution in [2.24, 2.45) is 5.92 Å². The quantitative estimate of drug-likeness (QED) is 0.704. The van der Waals surface area contributed by atoms with Crippen molar-refractivity contribution in [2.45, 2.75) is 71.1 Å². The molecule has 1 fully saturated rings. The van der Waals surface area contributed by atoms with Crippen LogP contribution < -0.4 is 5.32 Å². The Morgan fingerprint density at radius 1 is 1.35 bits per heavy atom. The van der Waals surface area contributed by atoms with Crippen LogP contribution in [0, 0.1) is 5.92 Å². The summed E-state index contributed by atoms with van der Waals surface area (Å²) >= 11 is 0. The molecular formula is C14H29NO2. The first-order valence-electron chi connectivity index (χ1n) is 6.81. The highest BCUT2D eigenvalue weighted by molar-refractivity contribution is 4.98. The second-order valence-corrected chi connectivity index (χ2v) is 6.61. The monoisotopic (exact) mass is 243 g/mol. The summed E-state index contributed by atoms with van der Waals surface area (Å²) in [5, 5.41) is 12.6. The number of aliphatic hydroxyl groups excluding tert-OH is 1. The Kier molecular flexibility index (Phi) is 4.99. The van der Waals surface area contributed by atoms with Crippen molar-refractivity contribution in [3.8, 4) is 0 Å². The molecular weight excluding hydrogens is 214 g/mol. The van der Waals surface area contributed by atoms with Crippen LogP contribution in [-0.2, 0) is 4.74 Å². The van der Waals surface area contributed by atoms with Gasteiger partial charge in [0.2, 0.25) is 0 Å². The van der Waals surface area contributed by atoms with Crippen molar-refractivity contribution < 1.29 is 9.84 Å². The largest absolute Gasteiger partial charge is 0.396 e. The van der Waals surface area contributed by atoms with Crippen LogP contribution >= 0.6 is 0 Å². The molecule has 3 nitrogen and oxygen atoms in total. The van der Waals surface area contributed by atoms with Gasteiger partial charge in [0.1, 0.15) is 0 Å². The fourth-order valence-electron chi connectivity index (χ4n) is 2.70. The summed E-state index contributed by atoms with van der Waals surface area (Å²) in [6, 6.07) is 0.432. The van der Waals surface area contributed by atoms with Gasteiger partial charge in [-0.1, -0.05) is 6.92 Å². The van der Waals surface area contributed by atoms with E-state index in [4.69, 9.17) is 9.84 Å². The Balaban J connectivity index is 2.28. The first kappa shape index (κ1) is 14.9. The average Bonchev–Trinajstić information content (AvgIpc) is 2.41. The van der Waals surface area contributed by atoms with E-state index >= 15 is 0 Å². The van der Waals surface area contributed by atoms with Gasteiger partial charge < -0.3 is 15.2 Å². The molecule has 0 spiro atoms. The highest BCUT2D eigenvalue weighted by Gasteiger charge is 2.45. The summed E-state index contributed by atoms with van der Waals surface area (Å²) in [7, 11) is 0. The Labute approximate surface area is 106 Å². The third kappa shape index (κ3) is 4.57. The van der Waals surface area contributed by atoms with Gasteiger partial charge in [0.25, 0.3) is 0 Å². The Bertz CT molecular complexity index is 238. The maximum absolute atomic E-state index is 8.96. The number of hydrogen-bond donors (Lipinski definition) is 2. The fourth-order valence-corrected chi connectivity index (χ4v) is 2.70. The molecule has 17 heavy (non-hydrogen) atoms. The van der Waals surface area contributed by atoms with E-state index < -0.39 is 0 Å². The lowest BCUT2D eigenvalue weighted by atomic mass is 9.94. The molecule has 2 N–H and O–H groups in total. The lowest BCUT2D eigenvalue weighted by Gasteiger charge is -2.28. The van der Waals surface area contributed by atoms with Crippen LogP contribution in [0.15, 0.2) is 0 Å². The van der Waals surface area contributed by atoms with Gasteiger partial charge in [-0.2, -0.15) is 0 Å². The van der Waals surface area contributed by atoms with Gasteiger partial charge in [-0.3, -0.25) is 0 Å². The van der Waals surface area contributed by atoms with E-state index in [0.29, 0.717) is 18.6 Å². The lowest BCUT2D eigenvalue weighted by Crippen LogP contribution is -2.43. The number of ether oxygens (including phenoxy) is 1. The Morgan fingerprint density at radius 2 is 2.00 bits per heavy atom. The predicted octanol–water partition coefficient (Wildman–Crippen LogP) is 2.33. The molecule has 2 unspecified atom stereocenters. The molecule has 0 aromatic heterocycles. The summed E-state index contributed by atoms with van der Waals surface area (Å²) in [6.45, 7) is 12.0. The number of hydrogen-bond acceptors (Lipinski definition) is 3. The van der Waals surface area contributed by atoms with Gasteiger partial charge >= 0.3 is 0 Å². The molecule has 1 saturated heterocycles. The third-order valence-corrected chi connectivity index (χ3v) is 3.65. The highest BCUT2D eigenvalue weighted by atomic mass is 16.5. The zero-order valence-electron chi connectivity index (χ0n) is 12.0. The van der Waals surface area contributed by atoms with Crippen molar-refractivity contribution in [2.75, 3.05) is 13.2 Å². The van der Waals surface area contributed by atoms with Crippen LogP contribution in [0.25, 0.3) is 0 Å². The number of aliphatic hydroxyl groups is 1. The molecule has 1 aliphatic heterocycles. The molecule has 0 amide bonds. The van der Waals surface area contributed by atoms with Crippen LogP contribution in [0.5, 0.6) is 0 Å². The molecule has 102 valence electrons. The summed E-state index contributed by atoms with van der Waals surface area (Å²) in [4.78, 5) is 0. The van der Waals surface area contributed by atoms with E-state index in [1.807, 2.05) is 0 Å². The van der Waals surface area contributed by atoms with Crippen LogP contribution in [-0.4, -0.2) is 35.5 Å². The second kappa shape index (κ2) is 5.68. The van der Waals surface area contributed by atoms with Crippen molar-refractivity contribution in [1.82, 2.24) is 5.32 Å². The molecule has 0 aromatic rings. The second-order valence-electron chi connectivity index (χ2n) is 6.61. The molecule has 0 aliphatic carbocycles. The minimum absolute atomic E-state index is 0.0143. The van der Waals surface area contributed by atoms with E-state index in [9.17, 15) is 0 Å². The summed E-state index contributed by atoms with van der Waals surface area (Å²) in [5.41, 5.74) is -0.0916. The third-order valence-electron chi connectivity index (χ3n) is 3.65. The van der Waals surface area contributed by atoms with E-state index in [0.717, 1.165) is 25.8 Å². The minimum atomic E-state index is -0.0773. The first-order valence-corrected chi connectivity index (χ1v) is 6.81. The van der Waals surface area contributed by atoms with Crippen LogP contribution in [0.3, 0.4) is 0 Å². The summed E-state index contributed by atoms with van der Waals surface area (Å²) in [6.07, 6.45) is 3.27. The normalized spacial score (nSPS) is 28.2. The number of rotatable bonds is 6. The van der Waals surface area contributed by atoms with Gasteiger partial charge in [-0.05, 0) is 59.4 Å². The molecule has 0 radical (unpaired) electrons. The van der Waals surface area contributed by atoms with Crippen LogP contribution in [0.4, 0.5) is 0 Å².